The first-order valence-electron chi connectivity index (χ1n) is 16.4. The van der Waals surface area contributed by atoms with E-state index in [1.807, 2.05) is 97.1 Å². The second-order valence-electron chi connectivity index (χ2n) is 12.9. The molecule has 2 amide bonds. The van der Waals surface area contributed by atoms with E-state index in [0.717, 1.165) is 57.7 Å². The number of fused-ring (bicyclic) bond motifs is 4. The number of ether oxygens (including phenoxy) is 2. The van der Waals surface area contributed by atoms with Crippen LogP contribution < -0.4 is 9.47 Å². The summed E-state index contributed by atoms with van der Waals surface area (Å²) in [7, 11) is 0. The zero-order valence-corrected chi connectivity index (χ0v) is 26.0. The Kier molecular flexibility index (Phi) is 7.43. The molecule has 4 aliphatic heterocycles. The van der Waals surface area contributed by atoms with Gasteiger partial charge in [-0.2, -0.15) is 0 Å². The first-order chi connectivity index (χ1) is 23.0. The number of rotatable bonds is 7. The fourth-order valence-electron chi connectivity index (χ4n) is 8.15. The van der Waals surface area contributed by atoms with E-state index < -0.39 is 29.9 Å². The lowest BCUT2D eigenvalue weighted by molar-refractivity contribution is -0.161. The van der Waals surface area contributed by atoms with Gasteiger partial charge >= 0.3 is 5.97 Å². The third-order valence-electron chi connectivity index (χ3n) is 10.3. The number of carboxylic acid groups (broad SMARTS) is 1. The van der Waals surface area contributed by atoms with Gasteiger partial charge in [0.2, 0.25) is 11.8 Å². The summed E-state index contributed by atoms with van der Waals surface area (Å²) in [4.78, 5) is 46.0. The van der Waals surface area contributed by atoms with Gasteiger partial charge in [-0.3, -0.25) is 9.59 Å². The van der Waals surface area contributed by atoms with Gasteiger partial charge in [0.15, 0.2) is 0 Å². The summed E-state index contributed by atoms with van der Waals surface area (Å²) in [6.45, 7) is 1.36. The second-order valence-corrected chi connectivity index (χ2v) is 12.9. The minimum Gasteiger partial charge on any atom is -0.493 e. The van der Waals surface area contributed by atoms with Gasteiger partial charge in [0, 0.05) is 25.4 Å². The van der Waals surface area contributed by atoms with Crippen LogP contribution in [0.1, 0.15) is 58.1 Å². The molecule has 1 N–H and O–H groups in total. The highest BCUT2D eigenvalue weighted by Crippen LogP contribution is 2.42. The van der Waals surface area contributed by atoms with E-state index in [-0.39, 0.29) is 24.4 Å². The standard InChI is InChI=1S/C39H36N2O6/c42-37(35(28-11-15-32-26(21-28)17-19-46-32)29-12-16-33-27(22-29)18-20-47-33)40-23-30-13-14-31(36(40)39(44)45)41(30)38(43)34(24-7-3-1-4-8-24)25-9-5-2-6-10-25/h1-12,15-16,21-22,30-31,34-36H,13-14,17-20,23H2,(H,44,45)/t30-,31+,36-/m0/s1. The lowest BCUT2D eigenvalue weighted by Gasteiger charge is -2.47. The maximum atomic E-state index is 14.9. The van der Waals surface area contributed by atoms with Crippen LogP contribution in [0.4, 0.5) is 0 Å². The van der Waals surface area contributed by atoms with E-state index in [1.165, 1.54) is 0 Å². The second kappa shape index (κ2) is 11.9. The number of amides is 2. The molecule has 0 unspecified atom stereocenters. The topological polar surface area (TPSA) is 96.4 Å². The third kappa shape index (κ3) is 5.12. The SMILES string of the molecule is O=C(O)[C@@H]1[C@H]2CC[C@@H](CN1C(=O)C(c1ccc3c(c1)CCO3)c1ccc3c(c1)CCO3)N2C(=O)C(c1ccccc1)c1ccccc1. The van der Waals surface area contributed by atoms with Crippen LogP contribution in [0.25, 0.3) is 0 Å². The Morgan fingerprint density at radius 2 is 1.19 bits per heavy atom. The van der Waals surface area contributed by atoms with E-state index in [4.69, 9.17) is 9.47 Å². The van der Waals surface area contributed by atoms with Crippen LogP contribution >= 0.6 is 0 Å². The fraction of sp³-hybridized carbons (Fsp3) is 0.308. The van der Waals surface area contributed by atoms with Crippen LogP contribution in [0.3, 0.4) is 0 Å². The smallest absolute Gasteiger partial charge is 0.328 e. The molecule has 2 fully saturated rings. The van der Waals surface area contributed by atoms with Crippen molar-refractivity contribution in [2.75, 3.05) is 19.8 Å². The van der Waals surface area contributed by atoms with Crippen LogP contribution in [0.5, 0.6) is 11.5 Å². The molecule has 8 nitrogen and oxygen atoms in total. The summed E-state index contributed by atoms with van der Waals surface area (Å²) in [6, 6.07) is 28.9. The monoisotopic (exact) mass is 628 g/mol. The number of carbonyl (C=O) groups excluding carboxylic acids is 2. The fourth-order valence-corrected chi connectivity index (χ4v) is 8.15. The number of hydrogen-bond acceptors (Lipinski definition) is 5. The van der Waals surface area contributed by atoms with Gasteiger partial charge in [-0.25, -0.2) is 4.79 Å². The molecule has 2 saturated heterocycles. The summed E-state index contributed by atoms with van der Waals surface area (Å²) < 4.78 is 11.5. The number of benzene rings is 4. The van der Waals surface area contributed by atoms with Gasteiger partial charge in [0.1, 0.15) is 17.5 Å². The maximum absolute atomic E-state index is 14.9. The average molecular weight is 629 g/mol. The molecule has 47 heavy (non-hydrogen) atoms. The average Bonchev–Trinajstić information content (AvgIpc) is 3.83. The highest BCUT2D eigenvalue weighted by molar-refractivity contribution is 5.94. The zero-order chi connectivity index (χ0) is 32.1. The number of likely N-dealkylation sites (tertiary alicyclic amines) is 1. The normalized spacial score (nSPS) is 20.9. The highest BCUT2D eigenvalue weighted by Gasteiger charge is 2.54. The van der Waals surface area contributed by atoms with E-state index in [1.54, 1.807) is 9.80 Å². The molecule has 2 bridgehead atoms. The number of hydrogen-bond donors (Lipinski definition) is 1. The van der Waals surface area contributed by atoms with Crippen LogP contribution in [0, 0.1) is 0 Å². The largest absolute Gasteiger partial charge is 0.493 e. The first kappa shape index (κ1) is 29.3. The number of carbonyl (C=O) groups is 3. The number of piperazine rings is 1. The van der Waals surface area contributed by atoms with E-state index in [2.05, 4.69) is 0 Å². The number of nitrogens with zero attached hydrogens (tertiary/aromatic N) is 2. The first-order valence-corrected chi connectivity index (χ1v) is 16.4. The molecule has 8 heteroatoms. The van der Waals surface area contributed by atoms with Crippen LogP contribution in [-0.4, -0.2) is 70.6 Å². The molecule has 4 heterocycles. The third-order valence-corrected chi connectivity index (χ3v) is 10.3. The lowest BCUT2D eigenvalue weighted by Crippen LogP contribution is -2.66. The lowest BCUT2D eigenvalue weighted by atomic mass is 9.86. The molecule has 238 valence electrons. The van der Waals surface area contributed by atoms with Gasteiger partial charge in [-0.1, -0.05) is 84.9 Å². The molecule has 8 rings (SSSR count). The Balaban J connectivity index is 1.16. The van der Waals surface area contributed by atoms with Crippen molar-refractivity contribution in [1.29, 1.82) is 0 Å². The predicted octanol–water partition coefficient (Wildman–Crippen LogP) is 5.18. The van der Waals surface area contributed by atoms with Crippen molar-refractivity contribution >= 4 is 17.8 Å². The predicted molar refractivity (Wildman–Crippen MR) is 175 cm³/mol. The number of aliphatic carboxylic acids is 1. The molecular weight excluding hydrogens is 592 g/mol. The Labute approximate surface area is 273 Å². The Morgan fingerprint density at radius 3 is 1.72 bits per heavy atom. The molecule has 4 aromatic rings. The molecular formula is C39H36N2O6. The molecule has 0 aliphatic carbocycles. The molecule has 4 aromatic carbocycles. The van der Waals surface area contributed by atoms with Crippen molar-refractivity contribution in [1.82, 2.24) is 9.80 Å². The number of carboxylic acids is 1. The molecule has 0 aromatic heterocycles. The summed E-state index contributed by atoms with van der Waals surface area (Å²) in [5, 5.41) is 10.8. The molecule has 0 spiro atoms. The summed E-state index contributed by atoms with van der Waals surface area (Å²) >= 11 is 0. The van der Waals surface area contributed by atoms with Crippen LogP contribution in [0.2, 0.25) is 0 Å². The van der Waals surface area contributed by atoms with E-state index in [9.17, 15) is 19.5 Å². The van der Waals surface area contributed by atoms with Crippen molar-refractivity contribution in [2.45, 2.75) is 55.6 Å². The van der Waals surface area contributed by atoms with Gasteiger partial charge in [0.05, 0.1) is 31.1 Å². The Bertz CT molecular complexity index is 1750. The van der Waals surface area contributed by atoms with Crippen molar-refractivity contribution in [2.24, 2.45) is 0 Å². The molecule has 0 saturated carbocycles. The van der Waals surface area contributed by atoms with E-state index in [0.29, 0.717) is 26.1 Å². The minimum atomic E-state index is -1.17. The summed E-state index contributed by atoms with van der Waals surface area (Å²) in [6.07, 6.45) is 2.67. The van der Waals surface area contributed by atoms with Gasteiger partial charge < -0.3 is 24.4 Å². The van der Waals surface area contributed by atoms with Crippen molar-refractivity contribution in [3.8, 4) is 11.5 Å². The molecule has 3 atom stereocenters. The van der Waals surface area contributed by atoms with Crippen molar-refractivity contribution < 1.29 is 29.0 Å². The zero-order valence-electron chi connectivity index (χ0n) is 26.0. The van der Waals surface area contributed by atoms with Gasteiger partial charge in [-0.05, 0) is 58.4 Å². The minimum absolute atomic E-state index is 0.123. The molecule has 4 aliphatic rings. The highest BCUT2D eigenvalue weighted by atomic mass is 16.5. The van der Waals surface area contributed by atoms with Crippen molar-refractivity contribution in [3.05, 3.63) is 130 Å². The quantitative estimate of drug-likeness (QED) is 0.303. The maximum Gasteiger partial charge on any atom is 0.328 e. The summed E-state index contributed by atoms with van der Waals surface area (Å²) in [5.74, 6) is -1.13. The van der Waals surface area contributed by atoms with Crippen LogP contribution in [0.15, 0.2) is 97.1 Å². The van der Waals surface area contributed by atoms with Crippen molar-refractivity contribution in [3.63, 3.8) is 0 Å². The van der Waals surface area contributed by atoms with Gasteiger partial charge in [-0.15, -0.1) is 0 Å². The van der Waals surface area contributed by atoms with Gasteiger partial charge in [0.25, 0.3) is 0 Å². The summed E-state index contributed by atoms with van der Waals surface area (Å²) in [5.41, 5.74) is 5.41. The Hall–Kier alpha value is -5.11. The van der Waals surface area contributed by atoms with E-state index >= 15 is 0 Å². The Morgan fingerprint density at radius 1 is 0.660 bits per heavy atom. The van der Waals surface area contributed by atoms with Crippen LogP contribution in [-0.2, 0) is 27.2 Å². The molecule has 0 radical (unpaired) electrons.